The largest absolute Gasteiger partial charge is 0.490 e. The van der Waals surface area contributed by atoms with Gasteiger partial charge < -0.3 is 9.47 Å². The molecule has 8 nitrogen and oxygen atoms in total. The molecule has 11 heteroatoms. The third kappa shape index (κ3) is 7.69. The summed E-state index contributed by atoms with van der Waals surface area (Å²) >= 11 is 5.91. The molecule has 0 heterocycles. The molecule has 0 unspecified atom stereocenters. The molecular weight excluding hydrogens is 509 g/mol. The zero-order chi connectivity index (χ0) is 26.1. The molecule has 3 aromatic carbocycles. The SMILES string of the molecule is CCOc1cc(/C=N\NC(=O)CN(c2ccccc2F)S(C)(=O)=O)ccc1OCc1ccc(Cl)cc1. The van der Waals surface area contributed by atoms with Gasteiger partial charge in [-0.2, -0.15) is 5.10 Å². The molecule has 190 valence electrons. The van der Waals surface area contributed by atoms with Crippen LogP contribution in [0.25, 0.3) is 0 Å². The molecule has 0 aliphatic rings. The predicted molar refractivity (Wildman–Crippen MR) is 138 cm³/mol. The minimum Gasteiger partial charge on any atom is -0.490 e. The van der Waals surface area contributed by atoms with Crippen LogP contribution in [0.1, 0.15) is 18.1 Å². The Morgan fingerprint density at radius 2 is 1.81 bits per heavy atom. The fourth-order valence-electron chi connectivity index (χ4n) is 3.11. The molecule has 3 aromatic rings. The highest BCUT2D eigenvalue weighted by Crippen LogP contribution is 2.29. The molecule has 0 aliphatic carbocycles. The quantitative estimate of drug-likeness (QED) is 0.291. The zero-order valence-electron chi connectivity index (χ0n) is 19.6. The third-order valence-electron chi connectivity index (χ3n) is 4.79. The predicted octanol–water partition coefficient (Wildman–Crippen LogP) is 4.37. The molecule has 0 bridgehead atoms. The van der Waals surface area contributed by atoms with E-state index in [1.807, 2.05) is 19.1 Å². The summed E-state index contributed by atoms with van der Waals surface area (Å²) in [6.07, 6.45) is 2.26. The number of carbonyl (C=O) groups excluding carboxylic acids is 1. The van der Waals surface area contributed by atoms with Crippen molar-refractivity contribution in [3.8, 4) is 11.5 Å². The lowest BCUT2D eigenvalue weighted by Crippen LogP contribution is -2.39. The molecule has 3 rings (SSSR count). The van der Waals surface area contributed by atoms with Crippen molar-refractivity contribution in [3.63, 3.8) is 0 Å². The van der Waals surface area contributed by atoms with Crippen LogP contribution in [0.4, 0.5) is 10.1 Å². The van der Waals surface area contributed by atoms with E-state index in [1.165, 1.54) is 24.4 Å². The second-order valence-electron chi connectivity index (χ2n) is 7.57. The fraction of sp³-hybridized carbons (Fsp3) is 0.200. The molecule has 0 spiro atoms. The van der Waals surface area contributed by atoms with Crippen LogP contribution in [0.2, 0.25) is 5.02 Å². The van der Waals surface area contributed by atoms with Crippen LogP contribution >= 0.6 is 11.6 Å². The summed E-state index contributed by atoms with van der Waals surface area (Å²) < 4.78 is 50.5. The summed E-state index contributed by atoms with van der Waals surface area (Å²) in [4.78, 5) is 12.3. The lowest BCUT2D eigenvalue weighted by Gasteiger charge is -2.21. The molecule has 0 aliphatic heterocycles. The molecular formula is C25H25ClFN3O5S. The van der Waals surface area contributed by atoms with Crippen molar-refractivity contribution >= 4 is 39.4 Å². The van der Waals surface area contributed by atoms with E-state index in [1.54, 1.807) is 30.3 Å². The highest BCUT2D eigenvalue weighted by Gasteiger charge is 2.23. The van der Waals surface area contributed by atoms with Crippen LogP contribution in [0.15, 0.2) is 71.8 Å². The van der Waals surface area contributed by atoms with Gasteiger partial charge >= 0.3 is 0 Å². The lowest BCUT2D eigenvalue weighted by molar-refractivity contribution is -0.119. The summed E-state index contributed by atoms with van der Waals surface area (Å²) in [5.41, 5.74) is 3.57. The number of hydrogen-bond acceptors (Lipinski definition) is 6. The number of anilines is 1. The van der Waals surface area contributed by atoms with Crippen molar-refractivity contribution in [3.05, 3.63) is 88.7 Å². The van der Waals surface area contributed by atoms with E-state index in [4.69, 9.17) is 21.1 Å². The highest BCUT2D eigenvalue weighted by atomic mass is 35.5. The Labute approximate surface area is 214 Å². The van der Waals surface area contributed by atoms with Crippen LogP contribution in [0.5, 0.6) is 11.5 Å². The molecule has 0 aromatic heterocycles. The van der Waals surface area contributed by atoms with E-state index in [0.717, 1.165) is 17.9 Å². The van der Waals surface area contributed by atoms with Crippen LogP contribution in [0, 0.1) is 5.82 Å². The number of ether oxygens (including phenoxy) is 2. The molecule has 0 fully saturated rings. The van der Waals surface area contributed by atoms with Gasteiger partial charge in [-0.1, -0.05) is 35.9 Å². The van der Waals surface area contributed by atoms with E-state index in [0.29, 0.717) is 39.6 Å². The maximum atomic E-state index is 14.1. The summed E-state index contributed by atoms with van der Waals surface area (Å²) in [5.74, 6) is -0.486. The van der Waals surface area contributed by atoms with Gasteiger partial charge in [0.2, 0.25) is 10.0 Å². The number of halogens is 2. The van der Waals surface area contributed by atoms with Crippen molar-refractivity contribution in [2.24, 2.45) is 5.10 Å². The van der Waals surface area contributed by atoms with Crippen molar-refractivity contribution in [1.29, 1.82) is 0 Å². The van der Waals surface area contributed by atoms with Crippen LogP contribution < -0.4 is 19.2 Å². The first kappa shape index (κ1) is 27.0. The van der Waals surface area contributed by atoms with Gasteiger partial charge in [-0.05, 0) is 60.5 Å². The van der Waals surface area contributed by atoms with Gasteiger partial charge in [-0.15, -0.1) is 0 Å². The van der Waals surface area contributed by atoms with E-state index in [9.17, 15) is 17.6 Å². The Hall–Kier alpha value is -3.63. The number of hydrogen-bond donors (Lipinski definition) is 1. The Kier molecular flexibility index (Phi) is 9.26. The van der Waals surface area contributed by atoms with E-state index >= 15 is 0 Å². The van der Waals surface area contributed by atoms with Gasteiger partial charge in [0, 0.05) is 5.02 Å². The van der Waals surface area contributed by atoms with E-state index in [2.05, 4.69) is 10.5 Å². The maximum absolute atomic E-state index is 14.1. The monoisotopic (exact) mass is 533 g/mol. The number of nitrogens with one attached hydrogen (secondary N) is 1. The first-order chi connectivity index (χ1) is 17.2. The molecule has 0 radical (unpaired) electrons. The van der Waals surface area contributed by atoms with Gasteiger partial charge in [0.25, 0.3) is 5.91 Å². The molecule has 0 atom stereocenters. The number of rotatable bonds is 11. The topological polar surface area (TPSA) is 97.3 Å². The zero-order valence-corrected chi connectivity index (χ0v) is 21.2. The minimum atomic E-state index is -3.91. The number of amides is 1. The van der Waals surface area contributed by atoms with Gasteiger partial charge in [-0.3, -0.25) is 9.10 Å². The number of sulfonamides is 1. The lowest BCUT2D eigenvalue weighted by atomic mass is 10.2. The van der Waals surface area contributed by atoms with Crippen molar-refractivity contribution in [2.75, 3.05) is 23.7 Å². The smallest absolute Gasteiger partial charge is 0.260 e. The highest BCUT2D eigenvalue weighted by molar-refractivity contribution is 7.92. The van der Waals surface area contributed by atoms with Crippen molar-refractivity contribution < 1.29 is 27.1 Å². The number of benzene rings is 3. The normalized spacial score (nSPS) is 11.3. The van der Waals surface area contributed by atoms with Gasteiger partial charge in [0.15, 0.2) is 11.5 Å². The first-order valence-corrected chi connectivity index (χ1v) is 13.1. The fourth-order valence-corrected chi connectivity index (χ4v) is 4.10. The maximum Gasteiger partial charge on any atom is 0.260 e. The number of para-hydroxylation sites is 1. The number of nitrogens with zero attached hydrogens (tertiary/aromatic N) is 2. The summed E-state index contributed by atoms with van der Waals surface area (Å²) in [6.45, 7) is 1.93. The van der Waals surface area contributed by atoms with Crippen molar-refractivity contribution in [1.82, 2.24) is 5.43 Å². The minimum absolute atomic E-state index is 0.227. The summed E-state index contributed by atoms with van der Waals surface area (Å²) in [5, 5.41) is 4.52. The van der Waals surface area contributed by atoms with Gasteiger partial charge in [0.05, 0.1) is 24.8 Å². The molecule has 0 saturated heterocycles. The summed E-state index contributed by atoms with van der Waals surface area (Å²) in [6, 6.07) is 17.7. The second-order valence-corrected chi connectivity index (χ2v) is 9.91. The Bertz CT molecular complexity index is 1330. The molecule has 36 heavy (non-hydrogen) atoms. The van der Waals surface area contributed by atoms with Gasteiger partial charge in [-0.25, -0.2) is 18.2 Å². The molecule has 1 N–H and O–H groups in total. The first-order valence-electron chi connectivity index (χ1n) is 10.9. The Morgan fingerprint density at radius 1 is 1.08 bits per heavy atom. The average molecular weight is 534 g/mol. The Balaban J connectivity index is 1.65. The second kappa shape index (κ2) is 12.4. The summed E-state index contributed by atoms with van der Waals surface area (Å²) in [7, 11) is -3.91. The van der Waals surface area contributed by atoms with Crippen molar-refractivity contribution in [2.45, 2.75) is 13.5 Å². The average Bonchev–Trinajstić information content (AvgIpc) is 2.83. The van der Waals surface area contributed by atoms with E-state index in [-0.39, 0.29) is 5.69 Å². The molecule has 1 amide bonds. The van der Waals surface area contributed by atoms with Crippen LogP contribution in [-0.2, 0) is 21.4 Å². The number of hydrazone groups is 1. The standard InChI is InChI=1S/C25H25ClFN3O5S/c1-3-34-24-14-19(10-13-23(24)35-17-18-8-11-20(26)12-9-18)15-28-29-25(31)16-30(36(2,32)33)22-7-5-4-6-21(22)27/h4-15H,3,16-17H2,1-2H3,(H,29,31)/b28-15-. The molecule has 0 saturated carbocycles. The number of carbonyl (C=O) groups is 1. The Morgan fingerprint density at radius 3 is 2.47 bits per heavy atom. The third-order valence-corrected chi connectivity index (χ3v) is 6.17. The van der Waals surface area contributed by atoms with Crippen LogP contribution in [-0.4, -0.2) is 39.9 Å². The van der Waals surface area contributed by atoms with Crippen LogP contribution in [0.3, 0.4) is 0 Å². The van der Waals surface area contributed by atoms with E-state index < -0.39 is 28.3 Å². The van der Waals surface area contributed by atoms with Gasteiger partial charge in [0.1, 0.15) is 19.0 Å².